The lowest BCUT2D eigenvalue weighted by molar-refractivity contribution is 0.601. The number of fused-ring (bicyclic) bond motifs is 1. The van der Waals surface area contributed by atoms with E-state index in [1.807, 2.05) is 12.1 Å². The van der Waals surface area contributed by atoms with Crippen LogP contribution in [0.1, 0.15) is 30.9 Å². The number of hydrogen-bond donors (Lipinski definition) is 1. The van der Waals surface area contributed by atoms with Crippen LogP contribution in [0.5, 0.6) is 0 Å². The van der Waals surface area contributed by atoms with Gasteiger partial charge in [0.05, 0.1) is 6.54 Å². The Labute approximate surface area is 147 Å². The van der Waals surface area contributed by atoms with Gasteiger partial charge in [0.25, 0.3) is 0 Å². The molecule has 0 bridgehead atoms. The van der Waals surface area contributed by atoms with Gasteiger partial charge in [-0.2, -0.15) is 0 Å². The summed E-state index contributed by atoms with van der Waals surface area (Å²) in [6.07, 6.45) is 4.45. The molecule has 3 rings (SSSR count). The molecule has 2 aromatic carbocycles. The van der Waals surface area contributed by atoms with E-state index in [9.17, 15) is 4.39 Å². The van der Waals surface area contributed by atoms with Gasteiger partial charge in [-0.15, -0.1) is 0 Å². The Morgan fingerprint density at radius 3 is 2.75 bits per heavy atom. The quantitative estimate of drug-likeness (QED) is 0.570. The second kappa shape index (κ2) is 7.82. The Hall–Kier alpha value is -1.84. The number of aromatic nitrogens is 1. The van der Waals surface area contributed by atoms with E-state index in [1.54, 1.807) is 12.1 Å². The molecule has 0 radical (unpaired) electrons. The molecule has 1 aromatic heterocycles. The first-order valence-electron chi connectivity index (χ1n) is 8.41. The van der Waals surface area contributed by atoms with Crippen LogP contribution in [0.3, 0.4) is 0 Å². The zero-order chi connectivity index (χ0) is 16.9. The summed E-state index contributed by atoms with van der Waals surface area (Å²) in [5, 5.41) is 5.15. The minimum atomic E-state index is -0.261. The molecule has 0 unspecified atom stereocenters. The SMILES string of the molecule is CCCCNCc1cn(Cc2c(F)cccc2Cl)c2ccccc12. The molecule has 1 N–H and O–H groups in total. The fourth-order valence-corrected chi connectivity index (χ4v) is 3.20. The van der Waals surface area contributed by atoms with Crippen molar-refractivity contribution in [1.82, 2.24) is 9.88 Å². The standard InChI is InChI=1S/C20H22ClFN2/c1-2-3-11-23-12-15-13-24(20-10-5-4-7-16(15)20)14-17-18(21)8-6-9-19(17)22/h4-10,13,23H,2-3,11-12,14H2,1H3. The predicted octanol–water partition coefficient (Wildman–Crippen LogP) is 5.37. The Morgan fingerprint density at radius 2 is 1.96 bits per heavy atom. The Balaban J connectivity index is 1.91. The van der Waals surface area contributed by atoms with Crippen molar-refractivity contribution in [2.24, 2.45) is 0 Å². The monoisotopic (exact) mass is 344 g/mol. The average Bonchev–Trinajstić information content (AvgIpc) is 2.93. The summed E-state index contributed by atoms with van der Waals surface area (Å²) in [5.41, 5.74) is 2.86. The maximum Gasteiger partial charge on any atom is 0.129 e. The van der Waals surface area contributed by atoms with Gasteiger partial charge < -0.3 is 9.88 Å². The summed E-state index contributed by atoms with van der Waals surface area (Å²) < 4.78 is 16.2. The summed E-state index contributed by atoms with van der Waals surface area (Å²) in [6, 6.07) is 13.1. The van der Waals surface area contributed by atoms with Crippen LogP contribution in [0.2, 0.25) is 5.02 Å². The van der Waals surface area contributed by atoms with Gasteiger partial charge in [0.2, 0.25) is 0 Å². The molecule has 0 amide bonds. The van der Waals surface area contributed by atoms with E-state index in [-0.39, 0.29) is 5.82 Å². The molecule has 2 nitrogen and oxygen atoms in total. The Bertz CT molecular complexity index is 805. The summed E-state index contributed by atoms with van der Waals surface area (Å²) in [4.78, 5) is 0. The molecule has 3 aromatic rings. The van der Waals surface area contributed by atoms with Crippen molar-refractivity contribution in [3.8, 4) is 0 Å². The maximum absolute atomic E-state index is 14.1. The van der Waals surface area contributed by atoms with Crippen molar-refractivity contribution < 1.29 is 4.39 Å². The van der Waals surface area contributed by atoms with Crippen LogP contribution < -0.4 is 5.32 Å². The van der Waals surface area contributed by atoms with E-state index >= 15 is 0 Å². The van der Waals surface area contributed by atoms with E-state index in [0.717, 1.165) is 18.6 Å². The topological polar surface area (TPSA) is 17.0 Å². The molecule has 4 heteroatoms. The van der Waals surface area contributed by atoms with Crippen molar-refractivity contribution in [2.45, 2.75) is 32.9 Å². The third kappa shape index (κ3) is 3.63. The van der Waals surface area contributed by atoms with E-state index in [4.69, 9.17) is 11.6 Å². The zero-order valence-electron chi connectivity index (χ0n) is 13.9. The van der Waals surface area contributed by atoms with Crippen LogP contribution in [0.15, 0.2) is 48.7 Å². The first-order valence-corrected chi connectivity index (χ1v) is 8.79. The fourth-order valence-electron chi connectivity index (χ4n) is 2.97. The number of halogens is 2. The van der Waals surface area contributed by atoms with Crippen LogP contribution in [0, 0.1) is 5.82 Å². The third-order valence-corrected chi connectivity index (χ3v) is 4.64. The van der Waals surface area contributed by atoms with Gasteiger partial charge in [0.15, 0.2) is 0 Å². The van der Waals surface area contributed by atoms with Gasteiger partial charge in [-0.25, -0.2) is 4.39 Å². The fraction of sp³-hybridized carbons (Fsp3) is 0.300. The van der Waals surface area contributed by atoms with Gasteiger partial charge in [-0.1, -0.05) is 49.2 Å². The Kier molecular flexibility index (Phi) is 5.54. The number of benzene rings is 2. The summed E-state index contributed by atoms with van der Waals surface area (Å²) in [5.74, 6) is -0.261. The highest BCUT2D eigenvalue weighted by molar-refractivity contribution is 6.31. The van der Waals surface area contributed by atoms with Gasteiger partial charge in [0.1, 0.15) is 5.82 Å². The molecule has 0 saturated carbocycles. The van der Waals surface area contributed by atoms with Crippen molar-refractivity contribution in [3.05, 3.63) is 70.6 Å². The second-order valence-electron chi connectivity index (χ2n) is 6.03. The van der Waals surface area contributed by atoms with Crippen molar-refractivity contribution >= 4 is 22.5 Å². The van der Waals surface area contributed by atoms with Gasteiger partial charge in [-0.05, 0) is 36.7 Å². The molecular weight excluding hydrogens is 323 g/mol. The number of unbranched alkanes of at least 4 members (excludes halogenated alkanes) is 1. The average molecular weight is 345 g/mol. The lowest BCUT2D eigenvalue weighted by Crippen LogP contribution is -2.14. The van der Waals surface area contributed by atoms with Gasteiger partial charge in [0, 0.05) is 34.2 Å². The van der Waals surface area contributed by atoms with Crippen LogP contribution >= 0.6 is 11.6 Å². The molecule has 1 heterocycles. The molecule has 0 fully saturated rings. The lowest BCUT2D eigenvalue weighted by atomic mass is 10.1. The highest BCUT2D eigenvalue weighted by Crippen LogP contribution is 2.25. The van der Waals surface area contributed by atoms with Crippen molar-refractivity contribution in [3.63, 3.8) is 0 Å². The molecule has 0 saturated heterocycles. The number of hydrogen-bond acceptors (Lipinski definition) is 1. The van der Waals surface area contributed by atoms with Crippen LogP contribution in [0.4, 0.5) is 4.39 Å². The number of nitrogens with one attached hydrogen (secondary N) is 1. The highest BCUT2D eigenvalue weighted by atomic mass is 35.5. The Morgan fingerprint density at radius 1 is 1.12 bits per heavy atom. The summed E-state index contributed by atoms with van der Waals surface area (Å²) in [6.45, 7) is 4.44. The van der Waals surface area contributed by atoms with Crippen LogP contribution in [0.25, 0.3) is 10.9 Å². The minimum Gasteiger partial charge on any atom is -0.343 e. The first-order chi connectivity index (χ1) is 11.7. The minimum absolute atomic E-state index is 0.261. The lowest BCUT2D eigenvalue weighted by Gasteiger charge is -2.08. The third-order valence-electron chi connectivity index (χ3n) is 4.28. The molecular formula is C20H22ClFN2. The first kappa shape index (κ1) is 17.0. The molecule has 0 aliphatic carbocycles. The van der Waals surface area contributed by atoms with E-state index < -0.39 is 0 Å². The molecule has 0 aliphatic rings. The van der Waals surface area contributed by atoms with Crippen LogP contribution in [-0.2, 0) is 13.1 Å². The number of rotatable bonds is 7. The largest absolute Gasteiger partial charge is 0.343 e. The zero-order valence-corrected chi connectivity index (χ0v) is 14.6. The molecule has 0 spiro atoms. The second-order valence-corrected chi connectivity index (χ2v) is 6.44. The maximum atomic E-state index is 14.1. The van der Waals surface area contributed by atoms with Crippen LogP contribution in [-0.4, -0.2) is 11.1 Å². The van der Waals surface area contributed by atoms with Gasteiger partial charge in [-0.3, -0.25) is 0 Å². The van der Waals surface area contributed by atoms with Crippen molar-refractivity contribution in [1.29, 1.82) is 0 Å². The highest BCUT2D eigenvalue weighted by Gasteiger charge is 2.12. The summed E-state index contributed by atoms with van der Waals surface area (Å²) >= 11 is 6.19. The normalized spacial score (nSPS) is 11.3. The molecule has 0 atom stereocenters. The summed E-state index contributed by atoms with van der Waals surface area (Å²) in [7, 11) is 0. The number of nitrogens with zero attached hydrogens (tertiary/aromatic N) is 1. The van der Waals surface area contributed by atoms with Crippen molar-refractivity contribution in [2.75, 3.05) is 6.54 Å². The molecule has 24 heavy (non-hydrogen) atoms. The van der Waals surface area contributed by atoms with Gasteiger partial charge >= 0.3 is 0 Å². The molecule has 0 aliphatic heterocycles. The van der Waals surface area contributed by atoms with E-state index in [2.05, 4.69) is 35.1 Å². The molecule has 126 valence electrons. The van der Waals surface area contributed by atoms with E-state index in [1.165, 1.54) is 29.9 Å². The predicted molar refractivity (Wildman–Crippen MR) is 99.1 cm³/mol. The number of para-hydroxylation sites is 1. The smallest absolute Gasteiger partial charge is 0.129 e. The van der Waals surface area contributed by atoms with E-state index in [0.29, 0.717) is 17.1 Å².